The van der Waals surface area contributed by atoms with Gasteiger partial charge in [-0.3, -0.25) is 4.79 Å². The van der Waals surface area contributed by atoms with Crippen molar-refractivity contribution in [2.24, 2.45) is 0 Å². The number of halogens is 4. The molecular formula is C13H8Cl4N2O. The van der Waals surface area contributed by atoms with Gasteiger partial charge in [-0.2, -0.15) is 0 Å². The SMILES string of the molecule is Cc1cccc(NC(=O)c2nc(Cl)c(Cl)c(Cl)c2Cl)c1. The van der Waals surface area contributed by atoms with Gasteiger partial charge in [0.15, 0.2) is 0 Å². The lowest BCUT2D eigenvalue weighted by Gasteiger charge is -2.09. The molecule has 2 aromatic rings. The van der Waals surface area contributed by atoms with Crippen molar-refractivity contribution in [3.05, 3.63) is 55.7 Å². The van der Waals surface area contributed by atoms with Crippen LogP contribution in [0.2, 0.25) is 20.2 Å². The third kappa shape index (κ3) is 3.18. The van der Waals surface area contributed by atoms with E-state index in [1.165, 1.54) is 0 Å². The minimum Gasteiger partial charge on any atom is -0.321 e. The van der Waals surface area contributed by atoms with Gasteiger partial charge in [0.25, 0.3) is 5.91 Å². The summed E-state index contributed by atoms with van der Waals surface area (Å²) in [6.45, 7) is 1.91. The predicted octanol–water partition coefficient (Wildman–Crippen LogP) is 5.26. The summed E-state index contributed by atoms with van der Waals surface area (Å²) >= 11 is 23.5. The number of aromatic nitrogens is 1. The molecule has 0 saturated carbocycles. The number of nitrogens with zero attached hydrogens (tertiary/aromatic N) is 1. The second kappa shape index (κ2) is 6.19. The standard InChI is InChI=1S/C13H8Cl4N2O/c1-6-3-2-4-7(5-6)18-13(20)11-9(15)8(14)10(16)12(17)19-11/h2-5H,1H3,(H,18,20). The van der Waals surface area contributed by atoms with E-state index >= 15 is 0 Å². The van der Waals surface area contributed by atoms with Crippen LogP contribution in [0.1, 0.15) is 16.1 Å². The van der Waals surface area contributed by atoms with Crippen LogP contribution in [-0.4, -0.2) is 10.9 Å². The smallest absolute Gasteiger partial charge is 0.275 e. The number of hydrogen-bond acceptors (Lipinski definition) is 2. The van der Waals surface area contributed by atoms with Crippen molar-refractivity contribution in [2.75, 3.05) is 5.32 Å². The van der Waals surface area contributed by atoms with Gasteiger partial charge in [-0.1, -0.05) is 58.5 Å². The van der Waals surface area contributed by atoms with E-state index in [9.17, 15) is 4.79 Å². The molecular weight excluding hydrogens is 342 g/mol. The van der Waals surface area contributed by atoms with Crippen molar-refractivity contribution < 1.29 is 4.79 Å². The van der Waals surface area contributed by atoms with Gasteiger partial charge in [0, 0.05) is 5.69 Å². The first-order valence-corrected chi connectivity index (χ1v) is 6.99. The van der Waals surface area contributed by atoms with Gasteiger partial charge in [0.2, 0.25) is 0 Å². The molecule has 0 spiro atoms. The Balaban J connectivity index is 2.35. The summed E-state index contributed by atoms with van der Waals surface area (Å²) in [5.41, 5.74) is 1.55. The summed E-state index contributed by atoms with van der Waals surface area (Å²) < 4.78 is 0. The lowest BCUT2D eigenvalue weighted by molar-refractivity contribution is 0.102. The molecule has 1 amide bonds. The zero-order valence-electron chi connectivity index (χ0n) is 10.2. The lowest BCUT2D eigenvalue weighted by Crippen LogP contribution is -2.15. The van der Waals surface area contributed by atoms with Gasteiger partial charge in [-0.25, -0.2) is 4.98 Å². The highest BCUT2D eigenvalue weighted by molar-refractivity contribution is 6.52. The Labute approximate surface area is 135 Å². The molecule has 0 aliphatic rings. The fraction of sp³-hybridized carbons (Fsp3) is 0.0769. The lowest BCUT2D eigenvalue weighted by atomic mass is 10.2. The number of benzene rings is 1. The minimum absolute atomic E-state index is 0.00252. The molecule has 1 aromatic carbocycles. The average Bonchev–Trinajstić information content (AvgIpc) is 2.40. The third-order valence-electron chi connectivity index (χ3n) is 2.48. The van der Waals surface area contributed by atoms with Gasteiger partial charge in [-0.15, -0.1) is 0 Å². The summed E-state index contributed by atoms with van der Waals surface area (Å²) in [6.07, 6.45) is 0. The van der Waals surface area contributed by atoms with Crippen molar-refractivity contribution in [3.8, 4) is 0 Å². The monoisotopic (exact) mass is 348 g/mol. The molecule has 0 saturated heterocycles. The first-order chi connectivity index (χ1) is 9.40. The van der Waals surface area contributed by atoms with E-state index in [4.69, 9.17) is 46.4 Å². The third-order valence-corrected chi connectivity index (χ3v) is 4.15. The minimum atomic E-state index is -0.513. The number of rotatable bonds is 2. The van der Waals surface area contributed by atoms with Crippen LogP contribution in [0.25, 0.3) is 0 Å². The summed E-state index contributed by atoms with van der Waals surface area (Å²) in [4.78, 5) is 16.0. The largest absolute Gasteiger partial charge is 0.321 e. The van der Waals surface area contributed by atoms with E-state index < -0.39 is 5.91 Å². The molecule has 104 valence electrons. The van der Waals surface area contributed by atoms with Crippen LogP contribution in [-0.2, 0) is 0 Å². The van der Waals surface area contributed by atoms with Crippen LogP contribution in [0.3, 0.4) is 0 Å². The van der Waals surface area contributed by atoms with Crippen LogP contribution in [0.4, 0.5) is 5.69 Å². The van der Waals surface area contributed by atoms with Gasteiger partial charge < -0.3 is 5.32 Å². The Bertz CT molecular complexity index is 688. The van der Waals surface area contributed by atoms with Gasteiger partial charge in [0.05, 0.1) is 15.1 Å². The summed E-state index contributed by atoms with van der Waals surface area (Å²) in [6, 6.07) is 7.29. The molecule has 0 aliphatic carbocycles. The number of nitrogens with one attached hydrogen (secondary N) is 1. The Morgan fingerprint density at radius 2 is 1.80 bits per heavy atom. The zero-order valence-corrected chi connectivity index (χ0v) is 13.2. The summed E-state index contributed by atoms with van der Waals surface area (Å²) in [7, 11) is 0. The van der Waals surface area contributed by atoms with Crippen LogP contribution in [0.15, 0.2) is 24.3 Å². The maximum absolute atomic E-state index is 12.1. The average molecular weight is 350 g/mol. The normalized spacial score (nSPS) is 10.4. The van der Waals surface area contributed by atoms with Gasteiger partial charge in [-0.05, 0) is 24.6 Å². The second-order valence-electron chi connectivity index (χ2n) is 4.02. The molecule has 2 rings (SSSR count). The molecule has 1 heterocycles. The number of pyridine rings is 1. The fourth-order valence-electron chi connectivity index (χ4n) is 1.55. The van der Waals surface area contributed by atoms with E-state index in [2.05, 4.69) is 10.3 Å². The van der Waals surface area contributed by atoms with E-state index in [0.717, 1.165) is 5.56 Å². The summed E-state index contributed by atoms with van der Waals surface area (Å²) in [5, 5.41) is 2.58. The highest BCUT2D eigenvalue weighted by Crippen LogP contribution is 2.36. The van der Waals surface area contributed by atoms with Crippen molar-refractivity contribution in [3.63, 3.8) is 0 Å². The molecule has 20 heavy (non-hydrogen) atoms. The molecule has 7 heteroatoms. The number of hydrogen-bond donors (Lipinski definition) is 1. The van der Waals surface area contributed by atoms with E-state index in [-0.39, 0.29) is 25.9 Å². The number of aryl methyl sites for hydroxylation is 1. The quantitative estimate of drug-likeness (QED) is 0.751. The molecule has 0 unspecified atom stereocenters. The molecule has 0 fully saturated rings. The van der Waals surface area contributed by atoms with Gasteiger partial charge >= 0.3 is 0 Å². The Morgan fingerprint density at radius 1 is 1.10 bits per heavy atom. The van der Waals surface area contributed by atoms with Crippen molar-refractivity contribution in [2.45, 2.75) is 6.92 Å². The van der Waals surface area contributed by atoms with E-state index in [1.807, 2.05) is 25.1 Å². The zero-order chi connectivity index (χ0) is 14.9. The van der Waals surface area contributed by atoms with Crippen molar-refractivity contribution >= 4 is 58.0 Å². The predicted molar refractivity (Wildman–Crippen MR) is 83.4 cm³/mol. The van der Waals surface area contributed by atoms with Crippen molar-refractivity contribution in [1.82, 2.24) is 4.98 Å². The molecule has 3 nitrogen and oxygen atoms in total. The number of anilines is 1. The fourth-order valence-corrected chi connectivity index (χ4v) is 2.36. The van der Waals surface area contributed by atoms with Crippen LogP contribution in [0.5, 0.6) is 0 Å². The molecule has 0 radical (unpaired) electrons. The Morgan fingerprint density at radius 3 is 2.45 bits per heavy atom. The molecule has 0 bridgehead atoms. The highest BCUT2D eigenvalue weighted by Gasteiger charge is 2.20. The maximum atomic E-state index is 12.1. The van der Waals surface area contributed by atoms with Crippen molar-refractivity contribution in [1.29, 1.82) is 0 Å². The van der Waals surface area contributed by atoms with Gasteiger partial charge in [0.1, 0.15) is 10.8 Å². The number of carbonyl (C=O) groups is 1. The van der Waals surface area contributed by atoms with Crippen LogP contribution in [0, 0.1) is 6.92 Å². The topological polar surface area (TPSA) is 42.0 Å². The Hall–Kier alpha value is -1.000. The number of amides is 1. The molecule has 0 atom stereocenters. The first kappa shape index (κ1) is 15.4. The Kier molecular flexibility index (Phi) is 4.76. The van der Waals surface area contributed by atoms with E-state index in [1.54, 1.807) is 6.07 Å². The van der Waals surface area contributed by atoms with Crippen LogP contribution < -0.4 is 5.32 Å². The highest BCUT2D eigenvalue weighted by atomic mass is 35.5. The van der Waals surface area contributed by atoms with E-state index in [0.29, 0.717) is 5.69 Å². The first-order valence-electron chi connectivity index (χ1n) is 5.48. The number of carbonyl (C=O) groups excluding carboxylic acids is 1. The maximum Gasteiger partial charge on any atom is 0.275 e. The molecule has 0 aliphatic heterocycles. The van der Waals surface area contributed by atoms with Crippen LogP contribution >= 0.6 is 46.4 Å². The summed E-state index contributed by atoms with van der Waals surface area (Å²) in [5.74, 6) is -0.513. The molecule has 1 N–H and O–H groups in total. The molecule has 1 aromatic heterocycles. The second-order valence-corrected chi connectivity index (χ2v) is 5.51.